The molecule has 4 rings (SSSR count). The Balaban J connectivity index is 1.43. The molecular weight excluding hydrogens is 436 g/mol. The molecule has 0 radical (unpaired) electrons. The molecule has 0 saturated carbocycles. The van der Waals surface area contributed by atoms with Gasteiger partial charge in [0, 0.05) is 26.1 Å². The van der Waals surface area contributed by atoms with Crippen LogP contribution < -0.4 is 5.32 Å². The summed E-state index contributed by atoms with van der Waals surface area (Å²) < 4.78 is 10.9. The summed E-state index contributed by atoms with van der Waals surface area (Å²) in [7, 11) is 1.46. The zero-order valence-electron chi connectivity index (χ0n) is 19.4. The van der Waals surface area contributed by atoms with Gasteiger partial charge in [0.2, 0.25) is 5.91 Å². The summed E-state index contributed by atoms with van der Waals surface area (Å²) in [5.41, 5.74) is 4.46. The molecule has 34 heavy (non-hydrogen) atoms. The first-order chi connectivity index (χ1) is 16.4. The van der Waals surface area contributed by atoms with Gasteiger partial charge < -0.3 is 24.8 Å². The van der Waals surface area contributed by atoms with E-state index < -0.39 is 30.1 Å². The molecule has 1 fully saturated rings. The molecule has 3 atom stereocenters. The van der Waals surface area contributed by atoms with Crippen molar-refractivity contribution < 1.29 is 29.0 Å². The van der Waals surface area contributed by atoms with Gasteiger partial charge in [-0.2, -0.15) is 0 Å². The minimum Gasteiger partial charge on any atom is -0.481 e. The summed E-state index contributed by atoms with van der Waals surface area (Å²) in [5, 5.41) is 12.0. The van der Waals surface area contributed by atoms with E-state index >= 15 is 0 Å². The highest BCUT2D eigenvalue weighted by molar-refractivity contribution is 5.87. The van der Waals surface area contributed by atoms with Crippen LogP contribution in [0.5, 0.6) is 0 Å². The van der Waals surface area contributed by atoms with Gasteiger partial charge in [0.25, 0.3) is 0 Å². The number of nitrogens with zero attached hydrogens (tertiary/aromatic N) is 1. The van der Waals surface area contributed by atoms with Crippen molar-refractivity contribution in [3.8, 4) is 11.1 Å². The molecule has 2 amide bonds. The first-order valence-electron chi connectivity index (χ1n) is 11.6. The van der Waals surface area contributed by atoms with Crippen LogP contribution in [0, 0.1) is 5.92 Å². The molecule has 1 aliphatic heterocycles. The number of carbonyl (C=O) groups is 3. The lowest BCUT2D eigenvalue weighted by molar-refractivity contribution is -0.147. The standard InChI is InChI=1S/C26H30N2O6/c1-16(33-2)23(24(29)28-13-7-8-17(14-28)25(30)31)27-26(32)34-15-22-20-11-5-3-9-18(20)19-10-4-6-12-21(19)22/h3-6,9-12,16-17,22-23H,7-8,13-15H2,1-2H3,(H,27,32)(H,30,31)/t16?,17-,23?/m1/s1. The third kappa shape index (κ3) is 4.77. The van der Waals surface area contributed by atoms with E-state index in [0.29, 0.717) is 19.4 Å². The van der Waals surface area contributed by atoms with Crippen LogP contribution in [-0.2, 0) is 19.1 Å². The quantitative estimate of drug-likeness (QED) is 0.649. The third-order valence-electron chi connectivity index (χ3n) is 6.81. The Labute approximate surface area is 198 Å². The summed E-state index contributed by atoms with van der Waals surface area (Å²) in [6, 6.07) is 15.1. The Morgan fingerprint density at radius 3 is 2.29 bits per heavy atom. The fraction of sp³-hybridized carbons (Fsp3) is 0.423. The SMILES string of the molecule is COC(C)C(NC(=O)OCC1c2ccccc2-c2ccccc21)C(=O)N1CCC[C@@H](C(=O)O)C1. The van der Waals surface area contributed by atoms with Crippen molar-refractivity contribution in [2.24, 2.45) is 5.92 Å². The van der Waals surface area contributed by atoms with E-state index in [2.05, 4.69) is 17.4 Å². The van der Waals surface area contributed by atoms with Crippen LogP contribution >= 0.6 is 0 Å². The fourth-order valence-electron chi connectivity index (χ4n) is 4.86. The Morgan fingerprint density at radius 2 is 1.71 bits per heavy atom. The molecule has 0 aromatic heterocycles. The normalized spacial score (nSPS) is 19.0. The molecule has 2 aliphatic rings. The number of nitrogens with one attached hydrogen (secondary N) is 1. The highest BCUT2D eigenvalue weighted by Gasteiger charge is 2.36. The summed E-state index contributed by atoms with van der Waals surface area (Å²) in [5.74, 6) is -1.98. The number of rotatable bonds is 7. The number of hydrogen-bond acceptors (Lipinski definition) is 5. The predicted octanol–water partition coefficient (Wildman–Crippen LogP) is 3.25. The number of carboxylic acid groups (broad SMARTS) is 1. The Kier molecular flexibility index (Phi) is 7.17. The van der Waals surface area contributed by atoms with Gasteiger partial charge >= 0.3 is 12.1 Å². The molecule has 2 aromatic rings. The van der Waals surface area contributed by atoms with E-state index in [1.165, 1.54) is 12.0 Å². The Bertz CT molecular complexity index is 1030. The van der Waals surface area contributed by atoms with Crippen LogP contribution in [0.25, 0.3) is 11.1 Å². The molecule has 180 valence electrons. The van der Waals surface area contributed by atoms with E-state index in [4.69, 9.17) is 9.47 Å². The predicted molar refractivity (Wildman–Crippen MR) is 125 cm³/mol. The number of alkyl carbamates (subject to hydrolysis) is 1. The molecule has 8 heteroatoms. The number of piperidine rings is 1. The highest BCUT2D eigenvalue weighted by atomic mass is 16.5. The first kappa shape index (κ1) is 23.8. The van der Waals surface area contributed by atoms with Gasteiger partial charge in [-0.05, 0) is 42.0 Å². The lowest BCUT2D eigenvalue weighted by Gasteiger charge is -2.34. The molecule has 0 bridgehead atoms. The van der Waals surface area contributed by atoms with Gasteiger partial charge in [0.05, 0.1) is 12.0 Å². The van der Waals surface area contributed by atoms with Crippen LogP contribution in [0.3, 0.4) is 0 Å². The van der Waals surface area contributed by atoms with E-state index in [-0.39, 0.29) is 25.0 Å². The van der Waals surface area contributed by atoms with Crippen molar-refractivity contribution in [3.05, 3.63) is 59.7 Å². The third-order valence-corrected chi connectivity index (χ3v) is 6.81. The number of methoxy groups -OCH3 is 1. The van der Waals surface area contributed by atoms with Crippen LogP contribution in [-0.4, -0.2) is 66.9 Å². The molecule has 1 heterocycles. The number of ether oxygens (including phenoxy) is 2. The molecule has 0 spiro atoms. The minimum atomic E-state index is -0.979. The fourth-order valence-corrected chi connectivity index (χ4v) is 4.86. The van der Waals surface area contributed by atoms with Crippen molar-refractivity contribution in [2.75, 3.05) is 26.8 Å². The number of likely N-dealkylation sites (tertiary alicyclic amines) is 1. The van der Waals surface area contributed by atoms with E-state index in [1.807, 2.05) is 36.4 Å². The summed E-state index contributed by atoms with van der Waals surface area (Å²) in [6.45, 7) is 2.38. The van der Waals surface area contributed by atoms with Gasteiger partial charge in [-0.15, -0.1) is 0 Å². The number of amides is 2. The number of carbonyl (C=O) groups excluding carboxylic acids is 2. The van der Waals surface area contributed by atoms with Crippen LogP contribution in [0.1, 0.15) is 36.8 Å². The second-order valence-corrected chi connectivity index (χ2v) is 8.85. The van der Waals surface area contributed by atoms with Crippen LogP contribution in [0.4, 0.5) is 4.79 Å². The van der Waals surface area contributed by atoms with Gasteiger partial charge in [0.15, 0.2) is 0 Å². The van der Waals surface area contributed by atoms with E-state index in [1.54, 1.807) is 6.92 Å². The van der Waals surface area contributed by atoms with Gasteiger partial charge in [0.1, 0.15) is 12.6 Å². The van der Waals surface area contributed by atoms with E-state index in [9.17, 15) is 19.5 Å². The van der Waals surface area contributed by atoms with Crippen LogP contribution in [0.15, 0.2) is 48.5 Å². The molecular formula is C26H30N2O6. The maximum absolute atomic E-state index is 13.2. The molecule has 2 aromatic carbocycles. The van der Waals surface area contributed by atoms with Crippen molar-refractivity contribution >= 4 is 18.0 Å². The molecule has 1 aliphatic carbocycles. The number of benzene rings is 2. The summed E-state index contributed by atoms with van der Waals surface area (Å²) >= 11 is 0. The first-order valence-corrected chi connectivity index (χ1v) is 11.6. The maximum atomic E-state index is 13.2. The highest BCUT2D eigenvalue weighted by Crippen LogP contribution is 2.44. The maximum Gasteiger partial charge on any atom is 0.407 e. The van der Waals surface area contributed by atoms with Gasteiger partial charge in [-0.1, -0.05) is 48.5 Å². The van der Waals surface area contributed by atoms with Gasteiger partial charge in [-0.3, -0.25) is 9.59 Å². The topological polar surface area (TPSA) is 105 Å². The van der Waals surface area contributed by atoms with Crippen molar-refractivity contribution in [3.63, 3.8) is 0 Å². The van der Waals surface area contributed by atoms with E-state index in [0.717, 1.165) is 22.3 Å². The lowest BCUT2D eigenvalue weighted by Crippen LogP contribution is -2.56. The number of aliphatic carboxylic acids is 1. The molecule has 2 N–H and O–H groups in total. The lowest BCUT2D eigenvalue weighted by atomic mass is 9.97. The second-order valence-electron chi connectivity index (χ2n) is 8.85. The average molecular weight is 467 g/mol. The zero-order valence-corrected chi connectivity index (χ0v) is 19.4. The number of fused-ring (bicyclic) bond motifs is 3. The van der Waals surface area contributed by atoms with Crippen molar-refractivity contribution in [2.45, 2.75) is 37.8 Å². The minimum absolute atomic E-state index is 0.0921. The van der Waals surface area contributed by atoms with Crippen molar-refractivity contribution in [1.29, 1.82) is 0 Å². The summed E-state index contributed by atoms with van der Waals surface area (Å²) in [4.78, 5) is 38.8. The monoisotopic (exact) mass is 466 g/mol. The number of hydrogen-bond donors (Lipinski definition) is 2. The molecule has 1 saturated heterocycles. The van der Waals surface area contributed by atoms with Crippen molar-refractivity contribution in [1.82, 2.24) is 10.2 Å². The smallest absolute Gasteiger partial charge is 0.407 e. The molecule has 2 unspecified atom stereocenters. The van der Waals surface area contributed by atoms with Crippen LogP contribution in [0.2, 0.25) is 0 Å². The summed E-state index contributed by atoms with van der Waals surface area (Å²) in [6.07, 6.45) is -0.195. The zero-order chi connectivity index (χ0) is 24.2. The Morgan fingerprint density at radius 1 is 1.09 bits per heavy atom. The Hall–Kier alpha value is -3.39. The molecule has 8 nitrogen and oxygen atoms in total. The average Bonchev–Trinajstić information content (AvgIpc) is 3.19. The second kappa shape index (κ2) is 10.3. The van der Waals surface area contributed by atoms with Gasteiger partial charge in [-0.25, -0.2) is 4.79 Å². The number of carboxylic acids is 1. The largest absolute Gasteiger partial charge is 0.481 e.